The van der Waals surface area contributed by atoms with E-state index in [1.165, 1.54) is 23.3 Å². The molecule has 134 valence electrons. The number of aryl methyl sites for hydroxylation is 1. The van der Waals surface area contributed by atoms with Crippen molar-refractivity contribution in [1.29, 1.82) is 0 Å². The molecule has 0 fully saturated rings. The van der Waals surface area contributed by atoms with Gasteiger partial charge in [0.2, 0.25) is 11.8 Å². The highest BCUT2D eigenvalue weighted by Gasteiger charge is 2.25. The minimum Gasteiger partial charge on any atom is -0.487 e. The van der Waals surface area contributed by atoms with Gasteiger partial charge in [0.05, 0.1) is 25.2 Å². The Hall–Kier alpha value is -2.89. The first kappa shape index (κ1) is 16.6. The van der Waals surface area contributed by atoms with Crippen LogP contribution < -0.4 is 9.64 Å². The SMILES string of the molecule is Cc1ccccc1Cc1nnc(CN2CC(C)Oc3cc(F)ccc32)o1. The minimum atomic E-state index is -0.309. The molecule has 26 heavy (non-hydrogen) atoms. The number of hydrogen-bond donors (Lipinski definition) is 0. The third kappa shape index (κ3) is 3.40. The summed E-state index contributed by atoms with van der Waals surface area (Å²) < 4.78 is 25.0. The van der Waals surface area contributed by atoms with E-state index in [0.29, 0.717) is 37.0 Å². The van der Waals surface area contributed by atoms with E-state index in [2.05, 4.69) is 34.2 Å². The maximum atomic E-state index is 13.5. The fourth-order valence-corrected chi connectivity index (χ4v) is 3.21. The zero-order chi connectivity index (χ0) is 18.1. The van der Waals surface area contributed by atoms with E-state index in [1.807, 2.05) is 19.1 Å². The van der Waals surface area contributed by atoms with Gasteiger partial charge in [-0.05, 0) is 37.1 Å². The third-order valence-electron chi connectivity index (χ3n) is 4.51. The van der Waals surface area contributed by atoms with Gasteiger partial charge in [0, 0.05) is 6.07 Å². The molecule has 1 aromatic heterocycles. The van der Waals surface area contributed by atoms with Crippen molar-refractivity contribution in [2.24, 2.45) is 0 Å². The normalized spacial score (nSPS) is 16.3. The van der Waals surface area contributed by atoms with Crippen LogP contribution in [0.15, 0.2) is 46.9 Å². The van der Waals surface area contributed by atoms with E-state index in [-0.39, 0.29) is 11.9 Å². The number of rotatable bonds is 4. The highest BCUT2D eigenvalue weighted by Crippen LogP contribution is 2.34. The van der Waals surface area contributed by atoms with E-state index in [1.54, 1.807) is 6.07 Å². The lowest BCUT2D eigenvalue weighted by Gasteiger charge is -2.34. The van der Waals surface area contributed by atoms with E-state index < -0.39 is 0 Å². The Morgan fingerprint density at radius 2 is 1.96 bits per heavy atom. The molecule has 0 saturated carbocycles. The van der Waals surface area contributed by atoms with Crippen LogP contribution in [0.1, 0.15) is 29.8 Å². The van der Waals surface area contributed by atoms with E-state index in [9.17, 15) is 4.39 Å². The maximum absolute atomic E-state index is 13.5. The van der Waals surface area contributed by atoms with Crippen molar-refractivity contribution in [3.63, 3.8) is 0 Å². The Balaban J connectivity index is 1.52. The summed E-state index contributed by atoms with van der Waals surface area (Å²) in [6.07, 6.45) is 0.569. The summed E-state index contributed by atoms with van der Waals surface area (Å²) in [5.74, 6) is 1.37. The number of fused-ring (bicyclic) bond motifs is 1. The number of aromatic nitrogens is 2. The molecule has 2 heterocycles. The van der Waals surface area contributed by atoms with Crippen molar-refractivity contribution in [2.45, 2.75) is 32.9 Å². The molecule has 1 unspecified atom stereocenters. The monoisotopic (exact) mass is 353 g/mol. The van der Waals surface area contributed by atoms with Gasteiger partial charge in [-0.25, -0.2) is 4.39 Å². The van der Waals surface area contributed by atoms with Crippen LogP contribution in [-0.4, -0.2) is 22.8 Å². The minimum absolute atomic E-state index is 0.0429. The summed E-state index contributed by atoms with van der Waals surface area (Å²) >= 11 is 0. The van der Waals surface area contributed by atoms with Crippen molar-refractivity contribution in [3.05, 3.63) is 71.2 Å². The van der Waals surface area contributed by atoms with Gasteiger partial charge in [-0.3, -0.25) is 0 Å². The molecular formula is C20H20FN3O2. The van der Waals surface area contributed by atoms with Crippen molar-refractivity contribution in [3.8, 4) is 5.75 Å². The van der Waals surface area contributed by atoms with Crippen LogP contribution in [0, 0.1) is 12.7 Å². The molecular weight excluding hydrogens is 333 g/mol. The summed E-state index contributed by atoms with van der Waals surface area (Å²) in [4.78, 5) is 2.08. The second kappa shape index (κ2) is 6.78. The molecule has 1 atom stereocenters. The molecule has 1 aliphatic rings. The molecule has 1 aliphatic heterocycles. The lowest BCUT2D eigenvalue weighted by molar-refractivity contribution is 0.209. The van der Waals surface area contributed by atoms with E-state index in [0.717, 1.165) is 5.69 Å². The van der Waals surface area contributed by atoms with Crippen LogP contribution in [0.3, 0.4) is 0 Å². The van der Waals surface area contributed by atoms with Crippen LogP contribution >= 0.6 is 0 Å². The molecule has 0 amide bonds. The number of hydrogen-bond acceptors (Lipinski definition) is 5. The van der Waals surface area contributed by atoms with Crippen molar-refractivity contribution >= 4 is 5.69 Å². The van der Waals surface area contributed by atoms with Crippen LogP contribution in [0.4, 0.5) is 10.1 Å². The molecule has 0 bridgehead atoms. The summed E-state index contributed by atoms with van der Waals surface area (Å²) in [6, 6.07) is 12.7. The van der Waals surface area contributed by atoms with Gasteiger partial charge < -0.3 is 14.1 Å². The first-order chi connectivity index (χ1) is 12.6. The fourth-order valence-electron chi connectivity index (χ4n) is 3.21. The maximum Gasteiger partial charge on any atom is 0.235 e. The molecule has 4 rings (SSSR count). The van der Waals surface area contributed by atoms with Crippen molar-refractivity contribution in [1.82, 2.24) is 10.2 Å². The Bertz CT molecular complexity index is 925. The van der Waals surface area contributed by atoms with Gasteiger partial charge in [0.25, 0.3) is 0 Å². The zero-order valence-corrected chi connectivity index (χ0v) is 14.8. The predicted octanol–water partition coefficient (Wildman–Crippen LogP) is 3.90. The Kier molecular flexibility index (Phi) is 4.32. The average Bonchev–Trinajstić information content (AvgIpc) is 3.03. The summed E-state index contributed by atoms with van der Waals surface area (Å²) in [6.45, 7) is 5.16. The molecule has 0 N–H and O–H groups in total. The standard InChI is InChI=1S/C20H20FN3O2/c1-13-5-3-4-6-15(13)9-19-22-23-20(26-19)12-24-11-14(2)25-18-10-16(21)7-8-17(18)24/h3-8,10,14H,9,11-12H2,1-2H3. The van der Waals surface area contributed by atoms with Crippen LogP contribution in [0.2, 0.25) is 0 Å². The number of ether oxygens (including phenoxy) is 1. The highest BCUT2D eigenvalue weighted by atomic mass is 19.1. The largest absolute Gasteiger partial charge is 0.487 e. The lowest BCUT2D eigenvalue weighted by Crippen LogP contribution is -2.38. The number of benzene rings is 2. The number of halogens is 1. The smallest absolute Gasteiger partial charge is 0.235 e. The fraction of sp³-hybridized carbons (Fsp3) is 0.300. The molecule has 0 saturated heterocycles. The van der Waals surface area contributed by atoms with Gasteiger partial charge in [-0.1, -0.05) is 24.3 Å². The van der Waals surface area contributed by atoms with Crippen molar-refractivity contribution in [2.75, 3.05) is 11.4 Å². The van der Waals surface area contributed by atoms with Gasteiger partial charge >= 0.3 is 0 Å². The highest BCUT2D eigenvalue weighted by molar-refractivity contribution is 5.60. The lowest BCUT2D eigenvalue weighted by atomic mass is 10.1. The second-order valence-electron chi connectivity index (χ2n) is 6.61. The van der Waals surface area contributed by atoms with Gasteiger partial charge in [-0.2, -0.15) is 0 Å². The van der Waals surface area contributed by atoms with Gasteiger partial charge in [0.15, 0.2) is 0 Å². The quantitative estimate of drug-likeness (QED) is 0.712. The van der Waals surface area contributed by atoms with E-state index in [4.69, 9.17) is 9.15 Å². The second-order valence-corrected chi connectivity index (χ2v) is 6.61. The summed E-state index contributed by atoms with van der Waals surface area (Å²) in [7, 11) is 0. The molecule has 3 aromatic rings. The van der Waals surface area contributed by atoms with E-state index >= 15 is 0 Å². The molecule has 2 aromatic carbocycles. The number of nitrogens with zero attached hydrogens (tertiary/aromatic N) is 3. The van der Waals surface area contributed by atoms with Crippen molar-refractivity contribution < 1.29 is 13.5 Å². The summed E-state index contributed by atoms with van der Waals surface area (Å²) in [5, 5.41) is 8.35. The zero-order valence-electron chi connectivity index (χ0n) is 14.8. The van der Waals surface area contributed by atoms with Crippen LogP contribution in [-0.2, 0) is 13.0 Å². The topological polar surface area (TPSA) is 51.4 Å². The molecule has 5 nitrogen and oxygen atoms in total. The van der Waals surface area contributed by atoms with Gasteiger partial charge in [0.1, 0.15) is 17.7 Å². The van der Waals surface area contributed by atoms with Crippen LogP contribution in [0.5, 0.6) is 5.75 Å². The third-order valence-corrected chi connectivity index (χ3v) is 4.51. The molecule has 0 spiro atoms. The summed E-state index contributed by atoms with van der Waals surface area (Å²) in [5.41, 5.74) is 3.21. The first-order valence-corrected chi connectivity index (χ1v) is 8.65. The molecule has 0 radical (unpaired) electrons. The Morgan fingerprint density at radius 3 is 2.81 bits per heavy atom. The molecule has 6 heteroatoms. The van der Waals surface area contributed by atoms with Crippen LogP contribution in [0.25, 0.3) is 0 Å². The first-order valence-electron chi connectivity index (χ1n) is 8.65. The Morgan fingerprint density at radius 1 is 1.15 bits per heavy atom. The predicted molar refractivity (Wildman–Crippen MR) is 95.8 cm³/mol. The molecule has 0 aliphatic carbocycles. The number of anilines is 1. The Labute approximate surface area is 151 Å². The van der Waals surface area contributed by atoms with Gasteiger partial charge in [-0.15, -0.1) is 10.2 Å². The average molecular weight is 353 g/mol.